The van der Waals surface area contributed by atoms with Crippen LogP contribution in [0, 0.1) is 0 Å². The van der Waals surface area contributed by atoms with Crippen molar-refractivity contribution in [2.24, 2.45) is 7.05 Å². The fourth-order valence-corrected chi connectivity index (χ4v) is 2.17. The van der Waals surface area contributed by atoms with Gasteiger partial charge in [-0.05, 0) is 12.1 Å². The summed E-state index contributed by atoms with van der Waals surface area (Å²) in [6, 6.07) is 7.12. The van der Waals surface area contributed by atoms with Crippen LogP contribution < -0.4 is 0 Å². The number of hydrogen-bond donors (Lipinski definition) is 2. The zero-order valence-corrected chi connectivity index (χ0v) is 9.96. The van der Waals surface area contributed by atoms with E-state index in [1.165, 1.54) is 4.57 Å². The van der Waals surface area contributed by atoms with E-state index in [2.05, 4.69) is 4.98 Å². The molecular formula is C10H11N2O4P. The first-order valence-electron chi connectivity index (χ1n) is 4.88. The molecule has 0 radical (unpaired) electrons. The first kappa shape index (κ1) is 12.0. The lowest BCUT2D eigenvalue weighted by atomic mass is 10.3. The summed E-state index contributed by atoms with van der Waals surface area (Å²) in [6.07, 6.45) is -0.815. The van der Waals surface area contributed by atoms with Gasteiger partial charge >= 0.3 is 7.60 Å². The monoisotopic (exact) mass is 254 g/mol. The van der Waals surface area contributed by atoms with Gasteiger partial charge < -0.3 is 14.4 Å². The highest BCUT2D eigenvalue weighted by molar-refractivity contribution is 7.52. The van der Waals surface area contributed by atoms with Crippen LogP contribution in [0.15, 0.2) is 24.3 Å². The first-order valence-corrected chi connectivity index (χ1v) is 6.67. The van der Waals surface area contributed by atoms with Crippen molar-refractivity contribution in [3.63, 3.8) is 0 Å². The Balaban J connectivity index is 2.46. The summed E-state index contributed by atoms with van der Waals surface area (Å²) in [5.41, 5.74) is 1.38. The summed E-state index contributed by atoms with van der Waals surface area (Å²) in [5.74, 6) is -0.591. The number of para-hydroxylation sites is 2. The predicted octanol–water partition coefficient (Wildman–Crippen LogP) is 0.934. The summed E-state index contributed by atoms with van der Waals surface area (Å²) in [4.78, 5) is 33.3. The largest absolute Gasteiger partial charge is 0.333 e. The van der Waals surface area contributed by atoms with Crippen LogP contribution in [0.4, 0.5) is 0 Å². The Hall–Kier alpha value is -1.49. The van der Waals surface area contributed by atoms with E-state index in [1.54, 1.807) is 31.3 Å². The van der Waals surface area contributed by atoms with Crippen LogP contribution in [0.2, 0.25) is 0 Å². The summed E-state index contributed by atoms with van der Waals surface area (Å²) in [7, 11) is -2.71. The van der Waals surface area contributed by atoms with Gasteiger partial charge in [-0.2, -0.15) is 0 Å². The van der Waals surface area contributed by atoms with Gasteiger partial charge in [0.25, 0.3) is 0 Å². The van der Waals surface area contributed by atoms with E-state index in [9.17, 15) is 9.36 Å². The first-order chi connectivity index (χ1) is 7.88. The van der Waals surface area contributed by atoms with Crippen LogP contribution in [-0.2, 0) is 11.6 Å². The Morgan fingerprint density at radius 3 is 2.65 bits per heavy atom. The maximum atomic E-state index is 11.7. The summed E-state index contributed by atoms with van der Waals surface area (Å²) < 4.78 is 12.3. The maximum absolute atomic E-state index is 11.7. The van der Waals surface area contributed by atoms with E-state index in [-0.39, 0.29) is 5.82 Å². The number of fused-ring (bicyclic) bond motifs is 1. The number of Topliss-reactive ketones (excluding diaryl/α,β-unsaturated/α-hetero) is 1. The van der Waals surface area contributed by atoms with Crippen LogP contribution in [0.3, 0.4) is 0 Å². The molecule has 0 bridgehead atoms. The normalized spacial score (nSPS) is 11.9. The SMILES string of the molecule is Cn1c(C(=O)CP(=O)(O)O)nc2ccccc21. The molecule has 0 spiro atoms. The number of carbonyl (C=O) groups is 1. The maximum Gasteiger partial charge on any atom is 0.333 e. The minimum Gasteiger partial charge on any atom is -0.325 e. The zero-order valence-electron chi connectivity index (χ0n) is 9.07. The van der Waals surface area contributed by atoms with Crippen molar-refractivity contribution < 1.29 is 19.1 Å². The van der Waals surface area contributed by atoms with Crippen molar-refractivity contribution >= 4 is 24.4 Å². The van der Waals surface area contributed by atoms with Crippen molar-refractivity contribution in [2.45, 2.75) is 0 Å². The molecule has 0 aliphatic rings. The highest BCUT2D eigenvalue weighted by Crippen LogP contribution is 2.34. The van der Waals surface area contributed by atoms with Crippen LogP contribution in [0.5, 0.6) is 0 Å². The highest BCUT2D eigenvalue weighted by atomic mass is 31.2. The molecule has 0 saturated carbocycles. The number of carbonyl (C=O) groups excluding carboxylic acids is 1. The lowest BCUT2D eigenvalue weighted by Gasteiger charge is -2.03. The minimum atomic E-state index is -4.35. The minimum absolute atomic E-state index is 0.0644. The third kappa shape index (κ3) is 2.44. The molecule has 7 heteroatoms. The standard InChI is InChI=1S/C10H11N2O4P/c1-12-8-5-3-2-4-7(8)11-10(12)9(13)6-17(14,15)16/h2-5H,6H2,1H3,(H2,14,15,16). The van der Waals surface area contributed by atoms with Crippen LogP contribution in [0.1, 0.15) is 10.6 Å². The van der Waals surface area contributed by atoms with E-state index in [0.717, 1.165) is 5.52 Å². The molecule has 0 aliphatic carbocycles. The molecule has 2 aromatic rings. The van der Waals surface area contributed by atoms with Gasteiger partial charge in [0.2, 0.25) is 5.78 Å². The van der Waals surface area contributed by atoms with Gasteiger partial charge in [-0.15, -0.1) is 0 Å². The Morgan fingerprint density at radius 1 is 1.41 bits per heavy atom. The average Bonchev–Trinajstić information content (AvgIpc) is 2.55. The lowest BCUT2D eigenvalue weighted by Crippen LogP contribution is -2.12. The number of aryl methyl sites for hydroxylation is 1. The van der Waals surface area contributed by atoms with E-state index < -0.39 is 19.5 Å². The molecule has 1 heterocycles. The van der Waals surface area contributed by atoms with Gasteiger partial charge in [0.05, 0.1) is 11.0 Å². The average molecular weight is 254 g/mol. The van der Waals surface area contributed by atoms with Gasteiger partial charge in [0.15, 0.2) is 5.82 Å². The topological polar surface area (TPSA) is 92.4 Å². The van der Waals surface area contributed by atoms with Crippen molar-refractivity contribution in [3.8, 4) is 0 Å². The van der Waals surface area contributed by atoms with Crippen LogP contribution in [0.25, 0.3) is 11.0 Å². The molecule has 0 atom stereocenters. The fraction of sp³-hybridized carbons (Fsp3) is 0.200. The van der Waals surface area contributed by atoms with Gasteiger partial charge in [0.1, 0.15) is 6.16 Å². The molecule has 17 heavy (non-hydrogen) atoms. The molecule has 6 nitrogen and oxygen atoms in total. The molecule has 2 rings (SSSR count). The number of rotatable bonds is 3. The molecule has 90 valence electrons. The molecule has 0 fully saturated rings. The quantitative estimate of drug-likeness (QED) is 0.628. The molecule has 0 aliphatic heterocycles. The third-order valence-electron chi connectivity index (χ3n) is 2.39. The Morgan fingerprint density at radius 2 is 2.06 bits per heavy atom. The van der Waals surface area contributed by atoms with Crippen molar-refractivity contribution in [1.29, 1.82) is 0 Å². The number of ketones is 1. The van der Waals surface area contributed by atoms with Crippen molar-refractivity contribution in [1.82, 2.24) is 9.55 Å². The highest BCUT2D eigenvalue weighted by Gasteiger charge is 2.24. The van der Waals surface area contributed by atoms with E-state index in [4.69, 9.17) is 9.79 Å². The van der Waals surface area contributed by atoms with Gasteiger partial charge in [-0.3, -0.25) is 9.36 Å². The second kappa shape index (κ2) is 4.07. The Kier molecular flexibility index (Phi) is 2.87. The van der Waals surface area contributed by atoms with Crippen LogP contribution in [-0.4, -0.2) is 31.3 Å². The second-order valence-electron chi connectivity index (χ2n) is 3.73. The van der Waals surface area contributed by atoms with E-state index in [1.807, 2.05) is 0 Å². The summed E-state index contributed by atoms with van der Waals surface area (Å²) >= 11 is 0. The van der Waals surface area contributed by atoms with E-state index >= 15 is 0 Å². The smallest absolute Gasteiger partial charge is 0.325 e. The molecule has 2 N–H and O–H groups in total. The number of benzene rings is 1. The molecular weight excluding hydrogens is 243 g/mol. The number of hydrogen-bond acceptors (Lipinski definition) is 3. The summed E-state index contributed by atoms with van der Waals surface area (Å²) in [5, 5.41) is 0. The molecule has 0 unspecified atom stereocenters. The van der Waals surface area contributed by atoms with Gasteiger partial charge in [-0.25, -0.2) is 4.98 Å². The third-order valence-corrected chi connectivity index (χ3v) is 3.09. The Labute approximate surface area is 97.1 Å². The molecule has 1 aromatic carbocycles. The fourth-order valence-electron chi connectivity index (χ4n) is 1.65. The molecule has 0 saturated heterocycles. The van der Waals surface area contributed by atoms with Crippen molar-refractivity contribution in [3.05, 3.63) is 30.1 Å². The predicted molar refractivity (Wildman–Crippen MR) is 62.0 cm³/mol. The van der Waals surface area contributed by atoms with Gasteiger partial charge in [-0.1, -0.05) is 12.1 Å². The number of nitrogens with zero attached hydrogens (tertiary/aromatic N) is 2. The lowest BCUT2D eigenvalue weighted by molar-refractivity contribution is 0.0999. The van der Waals surface area contributed by atoms with Gasteiger partial charge in [0, 0.05) is 7.05 Å². The number of imidazole rings is 1. The molecule has 0 amide bonds. The number of aromatic nitrogens is 2. The Bertz CT molecular complexity index is 628. The molecule has 1 aromatic heterocycles. The van der Waals surface area contributed by atoms with Crippen LogP contribution >= 0.6 is 7.60 Å². The summed E-state index contributed by atoms with van der Waals surface area (Å²) in [6.45, 7) is 0. The zero-order chi connectivity index (χ0) is 12.6. The van der Waals surface area contributed by atoms with Crippen molar-refractivity contribution in [2.75, 3.05) is 6.16 Å². The second-order valence-corrected chi connectivity index (χ2v) is 5.37. The van der Waals surface area contributed by atoms with E-state index in [0.29, 0.717) is 5.52 Å².